The number of benzene rings is 3. The molecule has 0 aliphatic heterocycles. The molecule has 3 aromatic carbocycles. The van der Waals surface area contributed by atoms with Gasteiger partial charge in [0.05, 0.1) is 34.5 Å². The predicted octanol–water partition coefficient (Wildman–Crippen LogP) is 5.86. The zero-order valence-electron chi connectivity index (χ0n) is 21.7. The lowest BCUT2D eigenvalue weighted by Gasteiger charge is -2.22. The first kappa shape index (κ1) is 25.8. The largest absolute Gasteiger partial charge is 0.497 e. The molecule has 8 heteroatoms. The van der Waals surface area contributed by atoms with Crippen LogP contribution in [0.3, 0.4) is 0 Å². The molecule has 0 saturated heterocycles. The summed E-state index contributed by atoms with van der Waals surface area (Å²) < 4.78 is 40.9. The number of hydrogen-bond donors (Lipinski definition) is 0. The van der Waals surface area contributed by atoms with Gasteiger partial charge in [-0.3, -0.25) is 4.79 Å². The zero-order chi connectivity index (χ0) is 26.5. The van der Waals surface area contributed by atoms with Gasteiger partial charge in [-0.1, -0.05) is 30.3 Å². The van der Waals surface area contributed by atoms with E-state index in [1.807, 2.05) is 44.2 Å². The van der Waals surface area contributed by atoms with Crippen molar-refractivity contribution in [3.63, 3.8) is 0 Å². The van der Waals surface area contributed by atoms with E-state index in [0.29, 0.717) is 11.3 Å². The Labute approximate surface area is 215 Å². The smallest absolute Gasteiger partial charge is 0.239 e. The van der Waals surface area contributed by atoms with Crippen LogP contribution in [0, 0.1) is 0 Å². The summed E-state index contributed by atoms with van der Waals surface area (Å²) in [6.45, 7) is 3.90. The van der Waals surface area contributed by atoms with E-state index in [1.54, 1.807) is 31.4 Å². The number of fused-ring (bicyclic) bond motifs is 1. The molecule has 0 unspecified atom stereocenters. The first-order chi connectivity index (χ1) is 17.9. The van der Waals surface area contributed by atoms with Gasteiger partial charge >= 0.3 is 0 Å². The van der Waals surface area contributed by atoms with Crippen molar-refractivity contribution in [3.05, 3.63) is 70.4 Å². The molecular formula is C29H30O8. The van der Waals surface area contributed by atoms with Crippen LogP contribution in [0.2, 0.25) is 0 Å². The molecule has 0 atom stereocenters. The van der Waals surface area contributed by atoms with Crippen LogP contribution in [-0.4, -0.2) is 34.5 Å². The number of rotatable bonds is 10. The maximum Gasteiger partial charge on any atom is 0.239 e. The van der Waals surface area contributed by atoms with E-state index in [-0.39, 0.29) is 58.2 Å². The lowest BCUT2D eigenvalue weighted by Crippen LogP contribution is -2.14. The van der Waals surface area contributed by atoms with Gasteiger partial charge in [0.1, 0.15) is 17.7 Å². The normalized spacial score (nSPS) is 10.9. The average molecular weight is 507 g/mol. The second-order valence-corrected chi connectivity index (χ2v) is 8.39. The van der Waals surface area contributed by atoms with E-state index >= 15 is 0 Å². The van der Waals surface area contributed by atoms with Crippen LogP contribution in [0.1, 0.15) is 19.4 Å². The molecule has 194 valence electrons. The molecule has 4 rings (SSSR count). The molecule has 0 aliphatic carbocycles. The molecule has 0 radical (unpaired) electrons. The maximum absolute atomic E-state index is 13.9. The molecule has 0 bridgehead atoms. The van der Waals surface area contributed by atoms with Crippen LogP contribution in [-0.2, 0) is 6.61 Å². The summed E-state index contributed by atoms with van der Waals surface area (Å²) in [6.07, 6.45) is -0.274. The van der Waals surface area contributed by atoms with Crippen molar-refractivity contribution in [1.29, 1.82) is 0 Å². The van der Waals surface area contributed by atoms with E-state index in [0.717, 1.165) is 5.56 Å². The Morgan fingerprint density at radius 3 is 1.92 bits per heavy atom. The van der Waals surface area contributed by atoms with E-state index in [4.69, 9.17) is 32.8 Å². The molecule has 0 amide bonds. The average Bonchev–Trinajstić information content (AvgIpc) is 2.92. The van der Waals surface area contributed by atoms with E-state index < -0.39 is 5.43 Å². The van der Waals surface area contributed by atoms with E-state index in [9.17, 15) is 4.79 Å². The van der Waals surface area contributed by atoms with Crippen molar-refractivity contribution in [2.75, 3.05) is 28.4 Å². The van der Waals surface area contributed by atoms with Crippen LogP contribution in [0.15, 0.2) is 63.8 Å². The fraction of sp³-hybridized carbons (Fsp3) is 0.276. The third-order valence-electron chi connectivity index (χ3n) is 5.67. The number of ether oxygens (including phenoxy) is 6. The topological polar surface area (TPSA) is 85.6 Å². The molecule has 37 heavy (non-hydrogen) atoms. The fourth-order valence-corrected chi connectivity index (χ4v) is 4.01. The van der Waals surface area contributed by atoms with Gasteiger partial charge in [-0.2, -0.15) is 0 Å². The molecule has 0 N–H and O–H groups in total. The molecule has 4 aromatic rings. The van der Waals surface area contributed by atoms with Gasteiger partial charge in [-0.15, -0.1) is 0 Å². The van der Waals surface area contributed by atoms with Crippen molar-refractivity contribution in [1.82, 2.24) is 0 Å². The Morgan fingerprint density at radius 1 is 0.730 bits per heavy atom. The lowest BCUT2D eigenvalue weighted by molar-refractivity contribution is 0.225. The van der Waals surface area contributed by atoms with Crippen LogP contribution in [0.5, 0.6) is 34.5 Å². The predicted molar refractivity (Wildman–Crippen MR) is 141 cm³/mol. The Bertz CT molecular complexity index is 1420. The molecule has 1 heterocycles. The lowest BCUT2D eigenvalue weighted by atomic mass is 10.1. The van der Waals surface area contributed by atoms with Gasteiger partial charge in [0.15, 0.2) is 17.1 Å². The minimum atomic E-state index is -0.435. The van der Waals surface area contributed by atoms with E-state index in [1.165, 1.54) is 21.3 Å². The van der Waals surface area contributed by atoms with Crippen LogP contribution in [0.25, 0.3) is 22.3 Å². The SMILES string of the molecule is COc1ccc(-c2oc3c(OCc4ccccc4)c(OC)c(OC)c(OC(C)C)c3c(=O)c2OC)cc1. The highest BCUT2D eigenvalue weighted by Crippen LogP contribution is 2.52. The standard InChI is InChI=1S/C29H30O8/c1-17(2)36-24-21-22(30)26(32-4)23(19-12-14-20(31-3)15-13-19)37-25(21)29(28(34-6)27(24)33-5)35-16-18-10-8-7-9-11-18/h7-15,17H,16H2,1-6H3. The second kappa shape index (κ2) is 11.2. The summed E-state index contributed by atoms with van der Waals surface area (Å²) in [5.41, 5.74) is 1.26. The molecule has 1 aromatic heterocycles. The quantitative estimate of drug-likeness (QED) is 0.264. The van der Waals surface area contributed by atoms with Gasteiger partial charge in [0, 0.05) is 5.56 Å². The van der Waals surface area contributed by atoms with Gasteiger partial charge in [-0.05, 0) is 43.7 Å². The van der Waals surface area contributed by atoms with Gasteiger partial charge in [0.25, 0.3) is 0 Å². The van der Waals surface area contributed by atoms with Crippen molar-refractivity contribution in [2.45, 2.75) is 26.6 Å². The fourth-order valence-electron chi connectivity index (χ4n) is 4.01. The van der Waals surface area contributed by atoms with Crippen LogP contribution in [0.4, 0.5) is 0 Å². The summed E-state index contributed by atoms with van der Waals surface area (Å²) in [4.78, 5) is 13.9. The van der Waals surface area contributed by atoms with Crippen LogP contribution >= 0.6 is 0 Å². The molecular weight excluding hydrogens is 476 g/mol. The van der Waals surface area contributed by atoms with E-state index in [2.05, 4.69) is 0 Å². The third-order valence-corrected chi connectivity index (χ3v) is 5.67. The highest BCUT2D eigenvalue weighted by molar-refractivity contribution is 5.97. The third kappa shape index (κ3) is 5.00. The summed E-state index contributed by atoms with van der Waals surface area (Å²) in [5, 5.41) is 0.128. The second-order valence-electron chi connectivity index (χ2n) is 8.39. The van der Waals surface area contributed by atoms with Crippen molar-refractivity contribution in [2.24, 2.45) is 0 Å². The molecule has 8 nitrogen and oxygen atoms in total. The summed E-state index contributed by atoms with van der Waals surface area (Å²) in [6, 6.07) is 16.7. The Hall–Kier alpha value is -4.33. The summed E-state index contributed by atoms with van der Waals surface area (Å²) in [5.74, 6) is 1.78. The molecule has 0 saturated carbocycles. The summed E-state index contributed by atoms with van der Waals surface area (Å²) in [7, 11) is 5.96. The van der Waals surface area contributed by atoms with Crippen molar-refractivity contribution < 1.29 is 32.8 Å². The van der Waals surface area contributed by atoms with Crippen LogP contribution < -0.4 is 33.8 Å². The van der Waals surface area contributed by atoms with Gasteiger partial charge in [-0.25, -0.2) is 0 Å². The Kier molecular flexibility index (Phi) is 7.77. The minimum Gasteiger partial charge on any atom is -0.497 e. The van der Waals surface area contributed by atoms with Crippen molar-refractivity contribution >= 4 is 11.0 Å². The molecule has 0 aliphatic rings. The highest BCUT2D eigenvalue weighted by Gasteiger charge is 2.31. The zero-order valence-corrected chi connectivity index (χ0v) is 21.7. The Balaban J connectivity index is 2.06. The van der Waals surface area contributed by atoms with Gasteiger partial charge in [0.2, 0.25) is 28.4 Å². The minimum absolute atomic E-state index is 0.0208. The van der Waals surface area contributed by atoms with Gasteiger partial charge < -0.3 is 32.8 Å². The summed E-state index contributed by atoms with van der Waals surface area (Å²) >= 11 is 0. The highest BCUT2D eigenvalue weighted by atomic mass is 16.6. The first-order valence-electron chi connectivity index (χ1n) is 11.7. The monoisotopic (exact) mass is 506 g/mol. The first-order valence-corrected chi connectivity index (χ1v) is 11.7. The Morgan fingerprint density at radius 2 is 1.35 bits per heavy atom. The molecule has 0 fully saturated rings. The number of methoxy groups -OCH3 is 4. The van der Waals surface area contributed by atoms with Crippen molar-refractivity contribution in [3.8, 4) is 45.8 Å². The number of hydrogen-bond acceptors (Lipinski definition) is 8. The maximum atomic E-state index is 13.9. The molecule has 0 spiro atoms.